The molecule has 1 saturated heterocycles. The highest BCUT2D eigenvalue weighted by Crippen LogP contribution is 2.31. The van der Waals surface area contributed by atoms with Crippen molar-refractivity contribution < 1.29 is 19.1 Å². The summed E-state index contributed by atoms with van der Waals surface area (Å²) in [5.74, 6) is -0.851. The van der Waals surface area contributed by atoms with Crippen LogP contribution in [0.4, 0.5) is 4.79 Å². The normalized spacial score (nSPS) is 22.9. The van der Waals surface area contributed by atoms with Crippen molar-refractivity contribution in [3.63, 3.8) is 0 Å². The number of rotatable bonds is 2. The summed E-state index contributed by atoms with van der Waals surface area (Å²) in [4.78, 5) is 36.6. The molecule has 1 aliphatic heterocycles. The van der Waals surface area contributed by atoms with Gasteiger partial charge in [0, 0.05) is 0 Å². The van der Waals surface area contributed by atoms with E-state index in [1.807, 2.05) is 0 Å². The van der Waals surface area contributed by atoms with Gasteiger partial charge in [0.25, 0.3) is 5.91 Å². The zero-order valence-corrected chi connectivity index (χ0v) is 11.2. The molecule has 2 fully saturated rings. The number of amides is 3. The summed E-state index contributed by atoms with van der Waals surface area (Å²) in [7, 11) is 1.24. The van der Waals surface area contributed by atoms with E-state index in [1.165, 1.54) is 13.5 Å². The summed E-state index contributed by atoms with van der Waals surface area (Å²) in [6, 6.07) is -0.476. The van der Waals surface area contributed by atoms with E-state index in [-0.39, 0.29) is 12.5 Å². The van der Waals surface area contributed by atoms with Crippen LogP contribution in [0.15, 0.2) is 0 Å². The van der Waals surface area contributed by atoms with Crippen LogP contribution in [0.2, 0.25) is 0 Å². The summed E-state index contributed by atoms with van der Waals surface area (Å²) >= 11 is 0. The van der Waals surface area contributed by atoms with E-state index in [9.17, 15) is 14.4 Å². The van der Waals surface area contributed by atoms with E-state index < -0.39 is 17.5 Å². The van der Waals surface area contributed by atoms with Crippen LogP contribution in [0.1, 0.15) is 44.9 Å². The van der Waals surface area contributed by atoms with Crippen molar-refractivity contribution in [2.75, 3.05) is 13.7 Å². The quantitative estimate of drug-likeness (QED) is 0.603. The van der Waals surface area contributed by atoms with E-state index in [2.05, 4.69) is 10.1 Å². The number of methoxy groups -OCH3 is 1. The van der Waals surface area contributed by atoms with Gasteiger partial charge in [-0.15, -0.1) is 0 Å². The van der Waals surface area contributed by atoms with Gasteiger partial charge in [-0.05, 0) is 12.8 Å². The Morgan fingerprint density at radius 3 is 2.37 bits per heavy atom. The second-order valence-corrected chi connectivity index (χ2v) is 5.25. The van der Waals surface area contributed by atoms with Gasteiger partial charge in [-0.2, -0.15) is 0 Å². The Kier molecular flexibility index (Phi) is 4.07. The molecule has 1 heterocycles. The molecule has 1 aliphatic carbocycles. The van der Waals surface area contributed by atoms with Gasteiger partial charge in [-0.25, -0.2) is 4.79 Å². The third-order valence-corrected chi connectivity index (χ3v) is 3.97. The zero-order valence-electron chi connectivity index (χ0n) is 11.2. The Labute approximate surface area is 112 Å². The number of imide groups is 1. The fraction of sp³-hybridized carbons (Fsp3) is 0.769. The summed E-state index contributed by atoms with van der Waals surface area (Å²) < 4.78 is 4.52. The van der Waals surface area contributed by atoms with Crippen molar-refractivity contribution in [3.05, 3.63) is 0 Å². The maximum Gasteiger partial charge on any atom is 0.325 e. The van der Waals surface area contributed by atoms with E-state index in [4.69, 9.17) is 0 Å². The maximum absolute atomic E-state index is 12.4. The van der Waals surface area contributed by atoms with Crippen LogP contribution in [-0.2, 0) is 14.3 Å². The second kappa shape index (κ2) is 5.59. The third-order valence-electron chi connectivity index (χ3n) is 3.97. The molecule has 0 aromatic rings. The third kappa shape index (κ3) is 2.72. The van der Waals surface area contributed by atoms with E-state index in [1.54, 1.807) is 0 Å². The van der Waals surface area contributed by atoms with Crippen molar-refractivity contribution in [1.82, 2.24) is 10.2 Å². The molecular weight excluding hydrogens is 248 g/mol. The number of urea groups is 1. The molecule has 2 aliphatic rings. The number of nitrogens with zero attached hydrogens (tertiary/aromatic N) is 1. The summed E-state index contributed by atoms with van der Waals surface area (Å²) in [5, 5.41) is 2.80. The molecule has 0 aromatic heterocycles. The number of esters is 1. The first-order chi connectivity index (χ1) is 9.09. The first-order valence-corrected chi connectivity index (χ1v) is 6.80. The monoisotopic (exact) mass is 268 g/mol. The van der Waals surface area contributed by atoms with Gasteiger partial charge in [-0.3, -0.25) is 14.5 Å². The molecule has 0 aromatic carbocycles. The van der Waals surface area contributed by atoms with Gasteiger partial charge in [0.1, 0.15) is 12.1 Å². The highest BCUT2D eigenvalue weighted by molar-refractivity contribution is 6.08. The molecule has 1 spiro atoms. The molecule has 6 heteroatoms. The number of nitrogens with one attached hydrogen (secondary N) is 1. The fourth-order valence-corrected chi connectivity index (χ4v) is 2.86. The van der Waals surface area contributed by atoms with Gasteiger partial charge < -0.3 is 10.1 Å². The van der Waals surface area contributed by atoms with Crippen molar-refractivity contribution in [2.45, 2.75) is 50.5 Å². The van der Waals surface area contributed by atoms with E-state index in [0.29, 0.717) is 12.8 Å². The lowest BCUT2D eigenvalue weighted by molar-refractivity contribution is -0.145. The summed E-state index contributed by atoms with van der Waals surface area (Å²) in [5.41, 5.74) is -0.786. The fourth-order valence-electron chi connectivity index (χ4n) is 2.86. The molecule has 6 nitrogen and oxygen atoms in total. The number of ether oxygens (including phenoxy) is 1. The molecule has 1 N–H and O–H groups in total. The van der Waals surface area contributed by atoms with Gasteiger partial charge >= 0.3 is 12.0 Å². The summed E-state index contributed by atoms with van der Waals surface area (Å²) in [6.45, 7) is -0.303. The average Bonchev–Trinajstić information content (AvgIpc) is 2.59. The van der Waals surface area contributed by atoms with Crippen molar-refractivity contribution in [2.24, 2.45) is 0 Å². The van der Waals surface area contributed by atoms with Crippen LogP contribution >= 0.6 is 0 Å². The Hall–Kier alpha value is -1.59. The Bertz CT molecular complexity index is 386. The molecule has 0 unspecified atom stereocenters. The zero-order chi connectivity index (χ0) is 13.9. The topological polar surface area (TPSA) is 75.7 Å². The lowest BCUT2D eigenvalue weighted by atomic mass is 9.84. The first-order valence-electron chi connectivity index (χ1n) is 6.80. The molecule has 1 saturated carbocycles. The molecule has 0 atom stereocenters. The highest BCUT2D eigenvalue weighted by atomic mass is 16.5. The molecule has 0 radical (unpaired) electrons. The van der Waals surface area contributed by atoms with Crippen LogP contribution < -0.4 is 5.32 Å². The number of hydrogen-bond acceptors (Lipinski definition) is 4. The number of hydrogen-bond donors (Lipinski definition) is 1. The molecule has 0 bridgehead atoms. The van der Waals surface area contributed by atoms with Crippen LogP contribution in [0.25, 0.3) is 0 Å². The van der Waals surface area contributed by atoms with Crippen molar-refractivity contribution in [3.8, 4) is 0 Å². The SMILES string of the molecule is COC(=O)CN1C(=O)NC2(CCCCCCC2)C1=O. The smallest absolute Gasteiger partial charge is 0.325 e. The lowest BCUT2D eigenvalue weighted by Gasteiger charge is -2.28. The molecular formula is C13H20N2O4. The minimum Gasteiger partial charge on any atom is -0.468 e. The highest BCUT2D eigenvalue weighted by Gasteiger charge is 2.50. The standard InChI is InChI=1S/C13H20N2O4/c1-19-10(16)9-15-11(17)13(14-12(15)18)7-5-3-2-4-6-8-13/h2-9H2,1H3,(H,14,18). The van der Waals surface area contributed by atoms with E-state index in [0.717, 1.165) is 30.6 Å². The van der Waals surface area contributed by atoms with Crippen LogP contribution in [0.3, 0.4) is 0 Å². The van der Waals surface area contributed by atoms with Crippen LogP contribution in [0.5, 0.6) is 0 Å². The minimum atomic E-state index is -0.786. The van der Waals surface area contributed by atoms with Gasteiger partial charge in [0.15, 0.2) is 0 Å². The predicted octanol–water partition coefficient (Wildman–Crippen LogP) is 1.19. The number of carbonyl (C=O) groups is 3. The largest absolute Gasteiger partial charge is 0.468 e. The predicted molar refractivity (Wildman–Crippen MR) is 67.3 cm³/mol. The molecule has 19 heavy (non-hydrogen) atoms. The Balaban J connectivity index is 2.12. The molecule has 3 amide bonds. The number of carbonyl (C=O) groups excluding carboxylic acids is 3. The lowest BCUT2D eigenvalue weighted by Crippen LogP contribution is -2.47. The van der Waals surface area contributed by atoms with E-state index >= 15 is 0 Å². The molecule has 106 valence electrons. The van der Waals surface area contributed by atoms with Gasteiger partial charge in [-0.1, -0.05) is 32.1 Å². The Morgan fingerprint density at radius 2 is 1.79 bits per heavy atom. The second-order valence-electron chi connectivity index (χ2n) is 5.25. The Morgan fingerprint density at radius 1 is 1.21 bits per heavy atom. The van der Waals surface area contributed by atoms with Gasteiger partial charge in [0.05, 0.1) is 7.11 Å². The van der Waals surface area contributed by atoms with Crippen LogP contribution in [-0.4, -0.2) is 42.0 Å². The maximum atomic E-state index is 12.4. The van der Waals surface area contributed by atoms with Gasteiger partial charge in [0.2, 0.25) is 0 Å². The average molecular weight is 268 g/mol. The molecule has 2 rings (SSSR count). The summed E-state index contributed by atoms with van der Waals surface area (Å²) in [6.07, 6.45) is 6.54. The minimum absolute atomic E-state index is 0.273. The van der Waals surface area contributed by atoms with Crippen LogP contribution in [0, 0.1) is 0 Å². The first kappa shape index (κ1) is 13.8. The van der Waals surface area contributed by atoms with Crippen molar-refractivity contribution in [1.29, 1.82) is 0 Å². The van der Waals surface area contributed by atoms with Crippen molar-refractivity contribution >= 4 is 17.9 Å².